The highest BCUT2D eigenvalue weighted by Crippen LogP contribution is 2.17. The zero-order chi connectivity index (χ0) is 19.1. The predicted octanol–water partition coefficient (Wildman–Crippen LogP) is 4.24. The molecule has 0 atom stereocenters. The highest BCUT2D eigenvalue weighted by molar-refractivity contribution is 7.89. The van der Waals surface area contributed by atoms with Crippen molar-refractivity contribution in [1.29, 1.82) is 0 Å². The molecule has 0 saturated heterocycles. The minimum atomic E-state index is -3.70. The molecule has 0 amide bonds. The van der Waals surface area contributed by atoms with Crippen LogP contribution < -0.4 is 0 Å². The van der Waals surface area contributed by atoms with Gasteiger partial charge in [-0.15, -0.1) is 0 Å². The Kier molecular flexibility index (Phi) is 5.95. The second-order valence-electron chi connectivity index (χ2n) is 6.23. The van der Waals surface area contributed by atoms with E-state index in [1.54, 1.807) is 24.3 Å². The van der Waals surface area contributed by atoms with Crippen LogP contribution in [0.2, 0.25) is 0 Å². The second-order valence-corrected chi connectivity index (χ2v) is 8.09. The van der Waals surface area contributed by atoms with Crippen LogP contribution >= 0.6 is 0 Å². The number of benzene rings is 3. The third-order valence-electron chi connectivity index (χ3n) is 4.15. The standard InChI is InChI=1S/C23H21NO2S/c1-20-12-14-23(15-13-20)27(25,26)24(18-16-21-8-4-2-5-9-21)19-17-22-10-6-3-7-11-22/h2-15H,16,18H2,1H3. The fourth-order valence-corrected chi connectivity index (χ4v) is 3.83. The van der Waals surface area contributed by atoms with E-state index in [9.17, 15) is 8.42 Å². The molecule has 3 rings (SSSR count). The molecular weight excluding hydrogens is 354 g/mol. The summed E-state index contributed by atoms with van der Waals surface area (Å²) in [4.78, 5) is 0.253. The summed E-state index contributed by atoms with van der Waals surface area (Å²) in [6.45, 7) is 2.22. The smallest absolute Gasteiger partial charge is 0.224 e. The van der Waals surface area contributed by atoms with Crippen LogP contribution in [0, 0.1) is 18.9 Å². The van der Waals surface area contributed by atoms with Gasteiger partial charge < -0.3 is 0 Å². The van der Waals surface area contributed by atoms with Crippen molar-refractivity contribution in [3.63, 3.8) is 0 Å². The molecule has 3 nitrogen and oxygen atoms in total. The molecule has 0 aliphatic heterocycles. The summed E-state index contributed by atoms with van der Waals surface area (Å²) in [6, 6.07) is 28.9. The molecule has 0 N–H and O–H groups in total. The fourth-order valence-electron chi connectivity index (χ4n) is 2.60. The first-order valence-electron chi connectivity index (χ1n) is 8.76. The predicted molar refractivity (Wildman–Crippen MR) is 109 cm³/mol. The number of nitrogens with zero attached hydrogens (tertiary/aromatic N) is 1. The average Bonchev–Trinajstić information content (AvgIpc) is 2.69. The molecule has 0 fully saturated rings. The van der Waals surface area contributed by atoms with Crippen LogP contribution in [0.15, 0.2) is 89.8 Å². The van der Waals surface area contributed by atoms with Gasteiger partial charge in [0.15, 0.2) is 0 Å². The minimum Gasteiger partial charge on any atom is -0.224 e. The van der Waals surface area contributed by atoms with E-state index < -0.39 is 10.0 Å². The molecule has 0 bridgehead atoms. The molecule has 0 radical (unpaired) electrons. The van der Waals surface area contributed by atoms with E-state index in [0.717, 1.165) is 16.7 Å². The minimum absolute atomic E-state index is 0.253. The molecule has 3 aromatic carbocycles. The van der Waals surface area contributed by atoms with Crippen molar-refractivity contribution >= 4 is 10.0 Å². The van der Waals surface area contributed by atoms with E-state index in [1.807, 2.05) is 67.6 Å². The Labute approximate surface area is 161 Å². The lowest BCUT2D eigenvalue weighted by Crippen LogP contribution is -2.28. The maximum Gasteiger partial charge on any atom is 0.270 e. The van der Waals surface area contributed by atoms with Crippen molar-refractivity contribution in [2.45, 2.75) is 18.2 Å². The second kappa shape index (κ2) is 8.57. The van der Waals surface area contributed by atoms with Crippen LogP contribution in [-0.2, 0) is 16.4 Å². The van der Waals surface area contributed by atoms with Gasteiger partial charge in [0.2, 0.25) is 0 Å². The van der Waals surface area contributed by atoms with Crippen molar-refractivity contribution in [3.05, 3.63) is 102 Å². The Morgan fingerprint density at radius 2 is 1.41 bits per heavy atom. The van der Waals surface area contributed by atoms with Gasteiger partial charge in [0, 0.05) is 18.2 Å². The Hall–Kier alpha value is -3.03. The Balaban J connectivity index is 1.91. The van der Waals surface area contributed by atoms with Gasteiger partial charge in [0.25, 0.3) is 10.0 Å². The molecule has 3 aromatic rings. The first-order valence-corrected chi connectivity index (χ1v) is 10.2. The number of rotatable bonds is 5. The molecule has 0 heterocycles. The van der Waals surface area contributed by atoms with Crippen molar-refractivity contribution < 1.29 is 8.42 Å². The van der Waals surface area contributed by atoms with Gasteiger partial charge in [-0.25, -0.2) is 12.7 Å². The van der Waals surface area contributed by atoms with Gasteiger partial charge in [-0.3, -0.25) is 0 Å². The van der Waals surface area contributed by atoms with Crippen LogP contribution in [-0.4, -0.2) is 19.3 Å². The average molecular weight is 375 g/mol. The highest BCUT2D eigenvalue weighted by Gasteiger charge is 2.21. The lowest BCUT2D eigenvalue weighted by atomic mass is 10.1. The highest BCUT2D eigenvalue weighted by atomic mass is 32.2. The summed E-state index contributed by atoms with van der Waals surface area (Å²) < 4.78 is 27.5. The normalized spacial score (nSPS) is 10.7. The third-order valence-corrected chi connectivity index (χ3v) is 5.88. The molecule has 0 saturated carbocycles. The monoisotopic (exact) mass is 375 g/mol. The first kappa shape index (κ1) is 18.8. The van der Waals surface area contributed by atoms with Gasteiger partial charge in [-0.05, 0) is 49.1 Å². The molecule has 4 heteroatoms. The third kappa shape index (κ3) is 4.99. The van der Waals surface area contributed by atoms with E-state index in [1.165, 1.54) is 4.31 Å². The number of hydrogen-bond acceptors (Lipinski definition) is 2. The van der Waals surface area contributed by atoms with Crippen molar-refractivity contribution in [2.75, 3.05) is 6.54 Å². The van der Waals surface area contributed by atoms with E-state index in [-0.39, 0.29) is 4.90 Å². The summed E-state index contributed by atoms with van der Waals surface area (Å²) in [5.41, 5.74) is 2.87. The molecule has 0 unspecified atom stereocenters. The summed E-state index contributed by atoms with van der Waals surface area (Å²) in [5, 5.41) is 0. The lowest BCUT2D eigenvalue weighted by Gasteiger charge is -2.18. The molecular formula is C23H21NO2S. The molecule has 0 aliphatic carbocycles. The zero-order valence-corrected chi connectivity index (χ0v) is 16.0. The molecule has 0 aromatic heterocycles. The Morgan fingerprint density at radius 3 is 2.04 bits per heavy atom. The maximum atomic E-state index is 13.1. The van der Waals surface area contributed by atoms with Crippen LogP contribution in [0.3, 0.4) is 0 Å². The number of aryl methyl sites for hydroxylation is 1. The summed E-state index contributed by atoms with van der Waals surface area (Å²) in [5.74, 6) is 2.97. The van der Waals surface area contributed by atoms with Crippen molar-refractivity contribution in [3.8, 4) is 12.0 Å². The van der Waals surface area contributed by atoms with Crippen LogP contribution in [0.4, 0.5) is 0 Å². The zero-order valence-electron chi connectivity index (χ0n) is 15.2. The summed E-state index contributed by atoms with van der Waals surface area (Å²) in [7, 11) is -3.70. The van der Waals surface area contributed by atoms with Crippen LogP contribution in [0.5, 0.6) is 0 Å². The van der Waals surface area contributed by atoms with Crippen molar-refractivity contribution in [1.82, 2.24) is 4.31 Å². The van der Waals surface area contributed by atoms with Gasteiger partial charge in [0.05, 0.1) is 4.90 Å². The topological polar surface area (TPSA) is 37.4 Å². The van der Waals surface area contributed by atoms with Crippen LogP contribution in [0.25, 0.3) is 0 Å². The lowest BCUT2D eigenvalue weighted by molar-refractivity contribution is 0.512. The van der Waals surface area contributed by atoms with Crippen molar-refractivity contribution in [2.24, 2.45) is 0 Å². The van der Waals surface area contributed by atoms with Gasteiger partial charge >= 0.3 is 0 Å². The molecule has 27 heavy (non-hydrogen) atoms. The molecule has 0 spiro atoms. The number of sulfonamides is 1. The Bertz CT molecular complexity index is 1030. The van der Waals surface area contributed by atoms with Gasteiger partial charge in [-0.1, -0.05) is 66.2 Å². The van der Waals surface area contributed by atoms with Gasteiger partial charge in [0.1, 0.15) is 0 Å². The van der Waals surface area contributed by atoms with Crippen LogP contribution in [0.1, 0.15) is 16.7 Å². The summed E-state index contributed by atoms with van der Waals surface area (Å²) in [6.07, 6.45) is 0.593. The maximum absolute atomic E-state index is 13.1. The van der Waals surface area contributed by atoms with Gasteiger partial charge in [-0.2, -0.15) is 0 Å². The van der Waals surface area contributed by atoms with E-state index in [2.05, 4.69) is 12.0 Å². The Morgan fingerprint density at radius 1 is 0.815 bits per heavy atom. The molecule has 0 aliphatic rings. The SMILES string of the molecule is Cc1ccc(S(=O)(=O)N(C#Cc2ccccc2)CCc2ccccc2)cc1. The van der Waals surface area contributed by atoms with E-state index in [0.29, 0.717) is 13.0 Å². The quantitative estimate of drug-likeness (QED) is 0.494. The number of hydrogen-bond donors (Lipinski definition) is 0. The van der Waals surface area contributed by atoms with E-state index in [4.69, 9.17) is 0 Å². The fraction of sp³-hybridized carbons (Fsp3) is 0.130. The van der Waals surface area contributed by atoms with E-state index >= 15 is 0 Å². The summed E-state index contributed by atoms with van der Waals surface area (Å²) >= 11 is 0. The largest absolute Gasteiger partial charge is 0.270 e. The first-order chi connectivity index (χ1) is 13.1. The molecule has 136 valence electrons.